The molecule has 0 radical (unpaired) electrons. The van der Waals surface area contributed by atoms with Gasteiger partial charge in [-0.2, -0.15) is 0 Å². The predicted octanol–water partition coefficient (Wildman–Crippen LogP) is 3.52. The third-order valence-electron chi connectivity index (χ3n) is 3.03. The highest BCUT2D eigenvalue weighted by Gasteiger charge is 2.21. The van der Waals surface area contributed by atoms with Crippen LogP contribution in [0.15, 0.2) is 24.3 Å². The van der Waals surface area contributed by atoms with Crippen molar-refractivity contribution in [2.75, 3.05) is 0 Å². The van der Waals surface area contributed by atoms with Gasteiger partial charge in [0, 0.05) is 5.54 Å². The third kappa shape index (κ3) is 4.31. The van der Waals surface area contributed by atoms with Gasteiger partial charge in [0.25, 0.3) is 0 Å². The van der Waals surface area contributed by atoms with Gasteiger partial charge in [0.2, 0.25) is 0 Å². The summed E-state index contributed by atoms with van der Waals surface area (Å²) in [6, 6.07) is 6.62. The first-order valence-corrected chi connectivity index (χ1v) is 5.96. The van der Waals surface area contributed by atoms with E-state index in [-0.39, 0.29) is 11.4 Å². The highest BCUT2D eigenvalue weighted by Crippen LogP contribution is 2.21. The Bertz CT molecular complexity index is 316. The molecule has 2 heteroatoms. The molecule has 0 fully saturated rings. The molecule has 0 aromatic heterocycles. The average Bonchev–Trinajstić information content (AvgIpc) is 2.20. The summed E-state index contributed by atoms with van der Waals surface area (Å²) < 4.78 is 12.8. The SMILES string of the molecule is CCC(C)CC(C)(N)Cc1ccc(F)cc1. The standard InChI is InChI=1S/C14H22FN/c1-4-11(2)9-14(3,16)10-12-5-7-13(15)8-6-12/h5-8,11H,4,9-10,16H2,1-3H3. The fraction of sp³-hybridized carbons (Fsp3) is 0.571. The van der Waals surface area contributed by atoms with Crippen LogP contribution >= 0.6 is 0 Å². The van der Waals surface area contributed by atoms with E-state index < -0.39 is 0 Å². The molecule has 0 spiro atoms. The van der Waals surface area contributed by atoms with Crippen molar-refractivity contribution in [3.05, 3.63) is 35.6 Å². The maximum Gasteiger partial charge on any atom is 0.123 e. The van der Waals surface area contributed by atoms with E-state index in [1.807, 2.05) is 12.1 Å². The molecule has 2 N–H and O–H groups in total. The molecule has 0 saturated heterocycles. The molecule has 0 saturated carbocycles. The molecule has 0 aliphatic carbocycles. The van der Waals surface area contributed by atoms with Crippen LogP contribution in [-0.4, -0.2) is 5.54 Å². The Kier molecular flexibility index (Phi) is 4.48. The van der Waals surface area contributed by atoms with Crippen molar-refractivity contribution < 1.29 is 4.39 Å². The van der Waals surface area contributed by atoms with Gasteiger partial charge in [0.05, 0.1) is 0 Å². The first-order valence-electron chi connectivity index (χ1n) is 5.96. The van der Waals surface area contributed by atoms with Crippen molar-refractivity contribution >= 4 is 0 Å². The summed E-state index contributed by atoms with van der Waals surface area (Å²) in [5, 5.41) is 0. The minimum Gasteiger partial charge on any atom is -0.325 e. The predicted molar refractivity (Wildman–Crippen MR) is 66.8 cm³/mol. The number of nitrogens with two attached hydrogens (primary N) is 1. The molecule has 0 bridgehead atoms. The molecule has 2 unspecified atom stereocenters. The van der Waals surface area contributed by atoms with Crippen LogP contribution in [0.4, 0.5) is 4.39 Å². The Balaban J connectivity index is 2.61. The molecule has 0 aliphatic rings. The molecule has 1 aromatic rings. The maximum absolute atomic E-state index is 12.8. The van der Waals surface area contributed by atoms with Crippen molar-refractivity contribution in [3.63, 3.8) is 0 Å². The maximum atomic E-state index is 12.8. The van der Waals surface area contributed by atoms with Crippen LogP contribution in [0.3, 0.4) is 0 Å². The lowest BCUT2D eigenvalue weighted by atomic mass is 9.84. The van der Waals surface area contributed by atoms with Gasteiger partial charge in [-0.3, -0.25) is 0 Å². The summed E-state index contributed by atoms with van der Waals surface area (Å²) in [5.41, 5.74) is 7.17. The number of hydrogen-bond donors (Lipinski definition) is 1. The van der Waals surface area contributed by atoms with E-state index in [1.54, 1.807) is 0 Å². The molecule has 1 rings (SSSR count). The first-order chi connectivity index (χ1) is 7.43. The Morgan fingerprint density at radius 2 is 1.88 bits per heavy atom. The molecule has 0 amide bonds. The number of hydrogen-bond acceptors (Lipinski definition) is 1. The summed E-state index contributed by atoms with van der Waals surface area (Å²) in [6.07, 6.45) is 2.95. The zero-order valence-electron chi connectivity index (χ0n) is 10.5. The third-order valence-corrected chi connectivity index (χ3v) is 3.03. The summed E-state index contributed by atoms with van der Waals surface area (Å²) >= 11 is 0. The summed E-state index contributed by atoms with van der Waals surface area (Å²) in [5.74, 6) is 0.444. The van der Waals surface area contributed by atoms with Gasteiger partial charge in [0.1, 0.15) is 5.82 Å². The summed E-state index contributed by atoms with van der Waals surface area (Å²) in [6.45, 7) is 6.47. The van der Waals surface area contributed by atoms with Gasteiger partial charge in [-0.15, -0.1) is 0 Å². The van der Waals surface area contributed by atoms with Crippen LogP contribution < -0.4 is 5.73 Å². The van der Waals surface area contributed by atoms with Gasteiger partial charge in [-0.05, 0) is 43.4 Å². The van der Waals surface area contributed by atoms with E-state index in [1.165, 1.54) is 12.1 Å². The van der Waals surface area contributed by atoms with Gasteiger partial charge < -0.3 is 5.73 Å². The summed E-state index contributed by atoms with van der Waals surface area (Å²) in [4.78, 5) is 0. The lowest BCUT2D eigenvalue weighted by Crippen LogP contribution is -2.40. The number of rotatable bonds is 5. The van der Waals surface area contributed by atoms with Crippen molar-refractivity contribution in [1.82, 2.24) is 0 Å². The second-order valence-electron chi connectivity index (χ2n) is 5.17. The smallest absolute Gasteiger partial charge is 0.123 e. The second-order valence-corrected chi connectivity index (χ2v) is 5.17. The van der Waals surface area contributed by atoms with Crippen molar-refractivity contribution in [3.8, 4) is 0 Å². The Hall–Kier alpha value is -0.890. The molecule has 0 heterocycles. The quantitative estimate of drug-likeness (QED) is 0.812. The molecule has 16 heavy (non-hydrogen) atoms. The fourth-order valence-electron chi connectivity index (χ4n) is 2.08. The van der Waals surface area contributed by atoms with E-state index in [0.29, 0.717) is 5.92 Å². The van der Waals surface area contributed by atoms with E-state index in [2.05, 4.69) is 20.8 Å². The lowest BCUT2D eigenvalue weighted by molar-refractivity contribution is 0.345. The monoisotopic (exact) mass is 223 g/mol. The normalized spacial score (nSPS) is 16.8. The van der Waals surface area contributed by atoms with Crippen molar-refractivity contribution in [1.29, 1.82) is 0 Å². The highest BCUT2D eigenvalue weighted by atomic mass is 19.1. The highest BCUT2D eigenvalue weighted by molar-refractivity contribution is 5.18. The van der Waals surface area contributed by atoms with Crippen LogP contribution in [0, 0.1) is 11.7 Å². The van der Waals surface area contributed by atoms with Crippen molar-refractivity contribution in [2.45, 2.75) is 45.6 Å². The summed E-state index contributed by atoms with van der Waals surface area (Å²) in [7, 11) is 0. The van der Waals surface area contributed by atoms with Gasteiger partial charge in [-0.1, -0.05) is 32.4 Å². The Morgan fingerprint density at radius 1 is 1.31 bits per heavy atom. The molecule has 1 aromatic carbocycles. The van der Waals surface area contributed by atoms with E-state index in [9.17, 15) is 4.39 Å². The van der Waals surface area contributed by atoms with Gasteiger partial charge >= 0.3 is 0 Å². The largest absolute Gasteiger partial charge is 0.325 e. The zero-order chi connectivity index (χ0) is 12.2. The lowest BCUT2D eigenvalue weighted by Gasteiger charge is -2.27. The number of benzene rings is 1. The fourth-order valence-corrected chi connectivity index (χ4v) is 2.08. The molecule has 2 atom stereocenters. The Labute approximate surface area is 97.9 Å². The average molecular weight is 223 g/mol. The van der Waals surface area contributed by atoms with Crippen LogP contribution in [0.2, 0.25) is 0 Å². The second kappa shape index (κ2) is 5.44. The van der Waals surface area contributed by atoms with Crippen molar-refractivity contribution in [2.24, 2.45) is 11.7 Å². The van der Waals surface area contributed by atoms with Crippen LogP contribution in [0.25, 0.3) is 0 Å². The molecule has 0 aliphatic heterocycles. The van der Waals surface area contributed by atoms with Crippen LogP contribution in [-0.2, 0) is 6.42 Å². The van der Waals surface area contributed by atoms with Crippen LogP contribution in [0.5, 0.6) is 0 Å². The van der Waals surface area contributed by atoms with E-state index >= 15 is 0 Å². The van der Waals surface area contributed by atoms with E-state index in [0.717, 1.165) is 24.8 Å². The number of halogens is 1. The molecular formula is C14H22FN. The molecule has 1 nitrogen and oxygen atoms in total. The van der Waals surface area contributed by atoms with Gasteiger partial charge in [-0.25, -0.2) is 4.39 Å². The van der Waals surface area contributed by atoms with Gasteiger partial charge in [0.15, 0.2) is 0 Å². The Morgan fingerprint density at radius 3 is 2.38 bits per heavy atom. The topological polar surface area (TPSA) is 26.0 Å². The van der Waals surface area contributed by atoms with Crippen LogP contribution in [0.1, 0.15) is 39.2 Å². The minimum atomic E-state index is -0.201. The minimum absolute atomic E-state index is 0.190. The zero-order valence-corrected chi connectivity index (χ0v) is 10.5. The van der Waals surface area contributed by atoms with E-state index in [4.69, 9.17) is 5.73 Å². The molecular weight excluding hydrogens is 201 g/mol. The molecule has 90 valence electrons. The first kappa shape index (κ1) is 13.2.